The fourth-order valence-corrected chi connectivity index (χ4v) is 3.02. The zero-order chi connectivity index (χ0) is 21.4. The summed E-state index contributed by atoms with van der Waals surface area (Å²) in [6.45, 7) is 3.20. The number of carbonyl (C=O) groups is 3. The maximum atomic E-state index is 13.5. The van der Waals surface area contributed by atoms with E-state index in [0.717, 1.165) is 11.1 Å². The number of amides is 2. The first-order valence-electron chi connectivity index (χ1n) is 9.24. The molecule has 0 heterocycles. The number of hydrogen-bond donors (Lipinski definition) is 2. The van der Waals surface area contributed by atoms with E-state index < -0.39 is 35.7 Å². The fourth-order valence-electron chi connectivity index (χ4n) is 3.02. The maximum absolute atomic E-state index is 13.5. The molecule has 7 heteroatoms. The summed E-state index contributed by atoms with van der Waals surface area (Å²) < 4.78 is 18.3. The van der Waals surface area contributed by atoms with Gasteiger partial charge < -0.3 is 15.4 Å². The van der Waals surface area contributed by atoms with Gasteiger partial charge in [-0.2, -0.15) is 0 Å². The van der Waals surface area contributed by atoms with Gasteiger partial charge in [0, 0.05) is 19.8 Å². The number of ether oxygens (including phenoxy) is 1. The van der Waals surface area contributed by atoms with Crippen LogP contribution in [-0.2, 0) is 32.0 Å². The molecule has 2 amide bonds. The Kier molecular flexibility index (Phi) is 7.88. The molecule has 0 aliphatic rings. The summed E-state index contributed by atoms with van der Waals surface area (Å²) >= 11 is 0. The zero-order valence-electron chi connectivity index (χ0n) is 16.7. The van der Waals surface area contributed by atoms with Crippen LogP contribution in [0.1, 0.15) is 23.6 Å². The van der Waals surface area contributed by atoms with Crippen molar-refractivity contribution in [3.8, 4) is 0 Å². The van der Waals surface area contributed by atoms with Crippen molar-refractivity contribution in [3.63, 3.8) is 0 Å². The van der Waals surface area contributed by atoms with Crippen LogP contribution in [0, 0.1) is 12.7 Å². The van der Waals surface area contributed by atoms with Crippen molar-refractivity contribution in [3.05, 3.63) is 71.0 Å². The van der Waals surface area contributed by atoms with Gasteiger partial charge in [0.2, 0.25) is 11.8 Å². The molecule has 2 aromatic rings. The molecule has 0 aliphatic heterocycles. The third-order valence-corrected chi connectivity index (χ3v) is 4.51. The molecule has 0 saturated heterocycles. The van der Waals surface area contributed by atoms with E-state index in [9.17, 15) is 18.8 Å². The Balaban J connectivity index is 2.19. The van der Waals surface area contributed by atoms with E-state index in [2.05, 4.69) is 10.6 Å². The third kappa shape index (κ3) is 6.71. The molecule has 0 bridgehead atoms. The van der Waals surface area contributed by atoms with Crippen LogP contribution in [0.25, 0.3) is 0 Å². The first-order chi connectivity index (χ1) is 13.8. The monoisotopic (exact) mass is 400 g/mol. The van der Waals surface area contributed by atoms with Crippen LogP contribution in [0.15, 0.2) is 48.5 Å². The number of benzene rings is 2. The topological polar surface area (TPSA) is 84.5 Å². The molecule has 2 atom stereocenters. The van der Waals surface area contributed by atoms with Crippen LogP contribution in [0.3, 0.4) is 0 Å². The van der Waals surface area contributed by atoms with Crippen LogP contribution >= 0.6 is 0 Å². The van der Waals surface area contributed by atoms with E-state index in [4.69, 9.17) is 4.74 Å². The highest BCUT2D eigenvalue weighted by Crippen LogP contribution is 2.12. The van der Waals surface area contributed by atoms with Crippen molar-refractivity contribution in [2.45, 2.75) is 38.8 Å². The number of carbonyl (C=O) groups excluding carboxylic acids is 3. The highest BCUT2D eigenvalue weighted by atomic mass is 19.1. The first kappa shape index (κ1) is 22.1. The third-order valence-electron chi connectivity index (χ3n) is 4.51. The summed E-state index contributed by atoms with van der Waals surface area (Å²) in [7, 11) is 1.25. The van der Waals surface area contributed by atoms with Crippen molar-refractivity contribution < 1.29 is 23.5 Å². The largest absolute Gasteiger partial charge is 0.467 e. The summed E-state index contributed by atoms with van der Waals surface area (Å²) in [5.74, 6) is -1.98. The summed E-state index contributed by atoms with van der Waals surface area (Å²) in [5.41, 5.74) is 2.42. The number of nitrogens with one attached hydrogen (secondary N) is 2. The van der Waals surface area contributed by atoms with E-state index in [1.54, 1.807) is 6.07 Å². The molecule has 154 valence electrons. The van der Waals surface area contributed by atoms with E-state index in [0.29, 0.717) is 5.56 Å². The summed E-state index contributed by atoms with van der Waals surface area (Å²) in [6.07, 6.45) is 0.333. The molecule has 0 saturated carbocycles. The molecule has 0 spiro atoms. The fraction of sp³-hybridized carbons (Fsp3) is 0.318. The smallest absolute Gasteiger partial charge is 0.328 e. The number of esters is 1. The molecule has 0 radical (unpaired) electrons. The van der Waals surface area contributed by atoms with Gasteiger partial charge in [0.15, 0.2) is 0 Å². The van der Waals surface area contributed by atoms with E-state index in [1.165, 1.54) is 32.2 Å². The molecular weight excluding hydrogens is 375 g/mol. The van der Waals surface area contributed by atoms with Crippen molar-refractivity contribution >= 4 is 17.8 Å². The molecule has 0 unspecified atom stereocenters. The molecule has 2 N–H and O–H groups in total. The van der Waals surface area contributed by atoms with Gasteiger partial charge >= 0.3 is 5.97 Å². The number of methoxy groups -OCH3 is 1. The minimum atomic E-state index is -0.960. The zero-order valence-corrected chi connectivity index (χ0v) is 16.7. The Labute approximate surface area is 169 Å². The van der Waals surface area contributed by atoms with Crippen molar-refractivity contribution in [1.82, 2.24) is 10.6 Å². The number of halogens is 1. The summed E-state index contributed by atoms with van der Waals surface area (Å²) in [5, 5.41) is 5.22. The van der Waals surface area contributed by atoms with Gasteiger partial charge in [-0.25, -0.2) is 9.18 Å². The van der Waals surface area contributed by atoms with Crippen LogP contribution in [0.2, 0.25) is 0 Å². The number of hydrogen-bond acceptors (Lipinski definition) is 4. The van der Waals surface area contributed by atoms with E-state index >= 15 is 0 Å². The minimum absolute atomic E-state index is 0.0848. The van der Waals surface area contributed by atoms with Crippen molar-refractivity contribution in [2.24, 2.45) is 0 Å². The predicted octanol–water partition coefficient (Wildman–Crippen LogP) is 2.08. The highest BCUT2D eigenvalue weighted by Gasteiger charge is 2.27. The Bertz CT molecular complexity index is 885. The molecule has 2 rings (SSSR count). The van der Waals surface area contributed by atoms with Crippen molar-refractivity contribution in [2.75, 3.05) is 7.11 Å². The molecule has 29 heavy (non-hydrogen) atoms. The second kappa shape index (κ2) is 10.4. The van der Waals surface area contributed by atoms with Gasteiger partial charge in [0.05, 0.1) is 7.11 Å². The van der Waals surface area contributed by atoms with Gasteiger partial charge in [-0.3, -0.25) is 9.59 Å². The normalized spacial score (nSPS) is 12.6. The molecule has 0 aliphatic carbocycles. The van der Waals surface area contributed by atoms with Crippen molar-refractivity contribution in [1.29, 1.82) is 0 Å². The van der Waals surface area contributed by atoms with Gasteiger partial charge in [-0.15, -0.1) is 0 Å². The maximum Gasteiger partial charge on any atom is 0.328 e. The predicted molar refractivity (Wildman–Crippen MR) is 107 cm³/mol. The second-order valence-corrected chi connectivity index (χ2v) is 6.80. The number of rotatable bonds is 8. The highest BCUT2D eigenvalue weighted by molar-refractivity contribution is 5.90. The van der Waals surface area contributed by atoms with Crippen LogP contribution < -0.4 is 10.6 Å². The quantitative estimate of drug-likeness (QED) is 0.665. The molecule has 2 aromatic carbocycles. The van der Waals surface area contributed by atoms with Crippen LogP contribution in [0.4, 0.5) is 4.39 Å². The molecule has 0 aromatic heterocycles. The average molecular weight is 400 g/mol. The number of aryl methyl sites for hydroxylation is 1. The van der Waals surface area contributed by atoms with Gasteiger partial charge in [-0.05, 0) is 35.7 Å². The second-order valence-electron chi connectivity index (χ2n) is 6.80. The molecular formula is C22H25FN2O4. The lowest BCUT2D eigenvalue weighted by atomic mass is 10.00. The summed E-state index contributed by atoms with van der Waals surface area (Å²) in [4.78, 5) is 36.7. The molecule has 6 nitrogen and oxygen atoms in total. The summed E-state index contributed by atoms with van der Waals surface area (Å²) in [6, 6.07) is 11.4. The lowest BCUT2D eigenvalue weighted by Crippen LogP contribution is -2.53. The Hall–Kier alpha value is -3.22. The first-order valence-corrected chi connectivity index (χ1v) is 9.24. The Morgan fingerprint density at radius 2 is 1.72 bits per heavy atom. The minimum Gasteiger partial charge on any atom is -0.467 e. The Morgan fingerprint density at radius 1 is 1.00 bits per heavy atom. The van der Waals surface area contributed by atoms with E-state index in [1.807, 2.05) is 31.2 Å². The van der Waals surface area contributed by atoms with Crippen LogP contribution in [-0.4, -0.2) is 37.0 Å². The average Bonchev–Trinajstić information content (AvgIpc) is 2.67. The van der Waals surface area contributed by atoms with Gasteiger partial charge in [0.1, 0.15) is 17.9 Å². The standard InChI is InChI=1S/C22H25FN2O4/c1-14-7-4-5-9-17(14)13-20(22(28)29-3)25-21(27)19(24-15(2)26)12-16-8-6-10-18(23)11-16/h4-11,19-20H,12-13H2,1-3H3,(H,24,26)(H,25,27)/t19-,20-/m1/s1. The van der Waals surface area contributed by atoms with Gasteiger partial charge in [0.25, 0.3) is 0 Å². The van der Waals surface area contributed by atoms with Gasteiger partial charge in [-0.1, -0.05) is 36.4 Å². The van der Waals surface area contributed by atoms with Crippen LogP contribution in [0.5, 0.6) is 0 Å². The lowest BCUT2D eigenvalue weighted by Gasteiger charge is -2.22. The molecule has 0 fully saturated rings. The Morgan fingerprint density at radius 3 is 2.34 bits per heavy atom. The lowest BCUT2D eigenvalue weighted by molar-refractivity contribution is -0.145. The van der Waals surface area contributed by atoms with E-state index in [-0.39, 0.29) is 12.8 Å². The SMILES string of the molecule is COC(=O)[C@@H](Cc1ccccc1C)NC(=O)[C@@H](Cc1cccc(F)c1)NC(C)=O.